The summed E-state index contributed by atoms with van der Waals surface area (Å²) in [6, 6.07) is 6.79. The first-order valence-corrected chi connectivity index (χ1v) is 5.51. The highest BCUT2D eigenvalue weighted by Crippen LogP contribution is 2.23. The van der Waals surface area contributed by atoms with Gasteiger partial charge < -0.3 is 24.4 Å². The quantitative estimate of drug-likeness (QED) is 0.627. The summed E-state index contributed by atoms with van der Waals surface area (Å²) in [5.74, 6) is 0.575. The summed E-state index contributed by atoms with van der Waals surface area (Å²) in [5, 5.41) is 17.9. The number of para-hydroxylation sites is 2. The van der Waals surface area contributed by atoms with Crippen LogP contribution in [0.2, 0.25) is 0 Å². The normalized spacial score (nSPS) is 10.4. The molecule has 1 rings (SSSR count). The van der Waals surface area contributed by atoms with E-state index in [0.29, 0.717) is 38.8 Å². The Balaban J connectivity index is 1.99. The van der Waals surface area contributed by atoms with Crippen LogP contribution in [0, 0.1) is 0 Å². The predicted octanol–water partition coefficient (Wildman–Crippen LogP) is 0.796. The number of aliphatic hydroxyl groups is 1. The Morgan fingerprint density at radius 3 is 2.24 bits per heavy atom. The lowest BCUT2D eigenvalue weighted by atomic mass is 10.3. The third-order valence-electron chi connectivity index (χ3n) is 1.96. The number of aromatic hydroxyl groups is 1. The molecule has 0 aromatic heterocycles. The molecule has 0 radical (unpaired) electrons. The molecule has 0 saturated carbocycles. The lowest BCUT2D eigenvalue weighted by Crippen LogP contribution is -2.11. The van der Waals surface area contributed by atoms with E-state index in [-0.39, 0.29) is 12.4 Å². The van der Waals surface area contributed by atoms with Crippen LogP contribution < -0.4 is 4.74 Å². The molecular weight excluding hydrogens is 224 g/mol. The molecule has 0 fully saturated rings. The molecule has 96 valence electrons. The summed E-state index contributed by atoms with van der Waals surface area (Å²) in [6.45, 7) is 2.07. The molecule has 1 aromatic rings. The van der Waals surface area contributed by atoms with E-state index in [2.05, 4.69) is 0 Å². The van der Waals surface area contributed by atoms with Crippen molar-refractivity contribution < 1.29 is 24.4 Å². The average molecular weight is 242 g/mol. The van der Waals surface area contributed by atoms with E-state index in [4.69, 9.17) is 19.3 Å². The molecule has 0 amide bonds. The van der Waals surface area contributed by atoms with E-state index >= 15 is 0 Å². The van der Waals surface area contributed by atoms with Crippen molar-refractivity contribution in [3.05, 3.63) is 24.3 Å². The Labute approximate surface area is 101 Å². The second-order valence-corrected chi connectivity index (χ2v) is 3.26. The van der Waals surface area contributed by atoms with Gasteiger partial charge in [0.25, 0.3) is 0 Å². The maximum absolute atomic E-state index is 9.40. The van der Waals surface area contributed by atoms with Crippen LogP contribution in [0.3, 0.4) is 0 Å². The Hall–Kier alpha value is -1.30. The van der Waals surface area contributed by atoms with Crippen LogP contribution in [0.25, 0.3) is 0 Å². The monoisotopic (exact) mass is 242 g/mol. The van der Waals surface area contributed by atoms with E-state index < -0.39 is 0 Å². The van der Waals surface area contributed by atoms with Crippen molar-refractivity contribution in [2.75, 3.05) is 39.6 Å². The zero-order valence-electron chi connectivity index (χ0n) is 9.67. The number of rotatable bonds is 9. The summed E-state index contributed by atoms with van der Waals surface area (Å²) in [6.07, 6.45) is 0. The molecule has 0 unspecified atom stereocenters. The molecule has 5 nitrogen and oxygen atoms in total. The molecule has 0 heterocycles. The van der Waals surface area contributed by atoms with Crippen LogP contribution in [0.15, 0.2) is 24.3 Å². The van der Waals surface area contributed by atoms with Gasteiger partial charge in [-0.05, 0) is 12.1 Å². The van der Waals surface area contributed by atoms with Gasteiger partial charge in [-0.15, -0.1) is 0 Å². The molecular formula is C12H18O5. The Bertz CT molecular complexity index is 303. The van der Waals surface area contributed by atoms with Gasteiger partial charge in [-0.25, -0.2) is 0 Å². The Morgan fingerprint density at radius 1 is 0.882 bits per heavy atom. The van der Waals surface area contributed by atoms with Crippen LogP contribution in [-0.4, -0.2) is 49.9 Å². The molecule has 0 atom stereocenters. The third-order valence-corrected chi connectivity index (χ3v) is 1.96. The number of aliphatic hydroxyl groups excluding tert-OH is 1. The zero-order valence-corrected chi connectivity index (χ0v) is 9.67. The van der Waals surface area contributed by atoms with Crippen molar-refractivity contribution in [3.63, 3.8) is 0 Å². The van der Waals surface area contributed by atoms with E-state index in [1.54, 1.807) is 24.3 Å². The fourth-order valence-corrected chi connectivity index (χ4v) is 1.18. The molecule has 0 aliphatic heterocycles. The number of hydrogen-bond acceptors (Lipinski definition) is 5. The van der Waals surface area contributed by atoms with Gasteiger partial charge in [0.15, 0.2) is 11.5 Å². The zero-order chi connectivity index (χ0) is 12.3. The van der Waals surface area contributed by atoms with Crippen molar-refractivity contribution in [1.29, 1.82) is 0 Å². The lowest BCUT2D eigenvalue weighted by molar-refractivity contribution is 0.0245. The second kappa shape index (κ2) is 8.81. The minimum Gasteiger partial charge on any atom is -0.504 e. The maximum Gasteiger partial charge on any atom is 0.161 e. The summed E-state index contributed by atoms with van der Waals surface area (Å²) < 4.78 is 15.5. The highest BCUT2D eigenvalue weighted by molar-refractivity contribution is 5.37. The van der Waals surface area contributed by atoms with Crippen molar-refractivity contribution >= 4 is 0 Å². The summed E-state index contributed by atoms with van der Waals surface area (Å²) in [5.41, 5.74) is 0. The molecule has 1 aromatic carbocycles. The highest BCUT2D eigenvalue weighted by Gasteiger charge is 1.99. The molecule has 5 heteroatoms. The molecule has 0 aliphatic rings. The van der Waals surface area contributed by atoms with Gasteiger partial charge in [-0.1, -0.05) is 12.1 Å². The van der Waals surface area contributed by atoms with Gasteiger partial charge in [-0.2, -0.15) is 0 Å². The summed E-state index contributed by atoms with van der Waals surface area (Å²) in [4.78, 5) is 0. The van der Waals surface area contributed by atoms with E-state index in [9.17, 15) is 5.11 Å². The summed E-state index contributed by atoms with van der Waals surface area (Å²) >= 11 is 0. The topological polar surface area (TPSA) is 68.2 Å². The van der Waals surface area contributed by atoms with Crippen LogP contribution in [-0.2, 0) is 9.47 Å². The van der Waals surface area contributed by atoms with Crippen LogP contribution >= 0.6 is 0 Å². The van der Waals surface area contributed by atoms with Crippen LogP contribution in [0.4, 0.5) is 0 Å². The minimum absolute atomic E-state index is 0.0242. The summed E-state index contributed by atoms with van der Waals surface area (Å²) in [7, 11) is 0. The van der Waals surface area contributed by atoms with E-state index in [1.807, 2.05) is 0 Å². The number of benzene rings is 1. The first-order valence-electron chi connectivity index (χ1n) is 5.51. The van der Waals surface area contributed by atoms with Gasteiger partial charge >= 0.3 is 0 Å². The number of hydrogen-bond donors (Lipinski definition) is 2. The number of phenols is 1. The largest absolute Gasteiger partial charge is 0.504 e. The fraction of sp³-hybridized carbons (Fsp3) is 0.500. The van der Waals surface area contributed by atoms with Gasteiger partial charge in [0.05, 0.1) is 33.0 Å². The highest BCUT2D eigenvalue weighted by atomic mass is 16.5. The molecule has 0 aliphatic carbocycles. The van der Waals surface area contributed by atoms with Gasteiger partial charge in [0.2, 0.25) is 0 Å². The first kappa shape index (κ1) is 13.8. The smallest absolute Gasteiger partial charge is 0.161 e. The van der Waals surface area contributed by atoms with Gasteiger partial charge in [0.1, 0.15) is 6.61 Å². The fourth-order valence-electron chi connectivity index (χ4n) is 1.18. The number of ether oxygens (including phenoxy) is 3. The standard InChI is InChI=1S/C12H18O5/c13-5-6-15-7-8-16-9-10-17-12-4-2-1-3-11(12)14/h1-4,13-14H,5-10H2. The van der Waals surface area contributed by atoms with Crippen LogP contribution in [0.1, 0.15) is 0 Å². The SMILES string of the molecule is OCCOCCOCCOc1ccccc1O. The van der Waals surface area contributed by atoms with Crippen molar-refractivity contribution in [3.8, 4) is 11.5 Å². The van der Waals surface area contributed by atoms with Gasteiger partial charge in [-0.3, -0.25) is 0 Å². The molecule has 0 saturated heterocycles. The molecule has 17 heavy (non-hydrogen) atoms. The van der Waals surface area contributed by atoms with Crippen molar-refractivity contribution in [2.24, 2.45) is 0 Å². The van der Waals surface area contributed by atoms with Gasteiger partial charge in [0, 0.05) is 0 Å². The molecule has 2 N–H and O–H groups in total. The maximum atomic E-state index is 9.40. The number of phenolic OH excluding ortho intramolecular Hbond substituents is 1. The van der Waals surface area contributed by atoms with E-state index in [0.717, 1.165) is 0 Å². The Kier molecular flexibility index (Phi) is 7.13. The van der Waals surface area contributed by atoms with Crippen molar-refractivity contribution in [1.82, 2.24) is 0 Å². The molecule has 0 bridgehead atoms. The third kappa shape index (κ3) is 6.11. The lowest BCUT2D eigenvalue weighted by Gasteiger charge is -2.08. The van der Waals surface area contributed by atoms with E-state index in [1.165, 1.54) is 0 Å². The first-order chi connectivity index (χ1) is 8.34. The predicted molar refractivity (Wildman–Crippen MR) is 62.3 cm³/mol. The van der Waals surface area contributed by atoms with Crippen molar-refractivity contribution in [2.45, 2.75) is 0 Å². The second-order valence-electron chi connectivity index (χ2n) is 3.26. The minimum atomic E-state index is 0.0242. The Morgan fingerprint density at radius 2 is 1.53 bits per heavy atom. The molecule has 0 spiro atoms. The van der Waals surface area contributed by atoms with Crippen LogP contribution in [0.5, 0.6) is 11.5 Å². The average Bonchev–Trinajstić information content (AvgIpc) is 2.35.